The van der Waals surface area contributed by atoms with Crippen LogP contribution in [0.15, 0.2) is 24.3 Å². The third-order valence-electron chi connectivity index (χ3n) is 3.97. The first-order valence-electron chi connectivity index (χ1n) is 8.08. The summed E-state index contributed by atoms with van der Waals surface area (Å²) in [6.45, 7) is 5.71. The second-order valence-corrected chi connectivity index (χ2v) is 6.94. The number of aryl methyl sites for hydroxylation is 1. The quantitative estimate of drug-likeness (QED) is 0.928. The second kappa shape index (κ2) is 7.02. The Morgan fingerprint density at radius 2 is 2.00 bits per heavy atom. The van der Waals surface area contributed by atoms with Gasteiger partial charge in [-0.3, -0.25) is 4.79 Å². The molecule has 1 aliphatic rings. The summed E-state index contributed by atoms with van der Waals surface area (Å²) >= 11 is 0. The number of hydrogen-bond donors (Lipinski definition) is 1. The Hall–Kier alpha value is -2.04. The lowest BCUT2D eigenvalue weighted by atomic mass is 10.1. The Labute approximate surface area is 138 Å². The maximum atomic E-state index is 12.3. The first kappa shape index (κ1) is 17.3. The zero-order chi connectivity index (χ0) is 17.0. The van der Waals surface area contributed by atoms with E-state index in [1.807, 2.05) is 40.0 Å². The molecule has 0 fully saturated rings. The second-order valence-electron chi connectivity index (χ2n) is 6.94. The Kier molecular flexibility index (Phi) is 5.29. The topological polar surface area (TPSA) is 58.6 Å². The summed E-state index contributed by atoms with van der Waals surface area (Å²) in [5, 5.41) is 2.63. The first-order valence-corrected chi connectivity index (χ1v) is 8.08. The summed E-state index contributed by atoms with van der Waals surface area (Å²) in [6, 6.07) is 8.40. The monoisotopic (exact) mass is 318 g/mol. The summed E-state index contributed by atoms with van der Waals surface area (Å²) in [5.41, 5.74) is 2.03. The van der Waals surface area contributed by atoms with E-state index in [0.717, 1.165) is 12.8 Å². The molecular weight excluding hydrogens is 292 g/mol. The number of rotatable bonds is 4. The first-order chi connectivity index (χ1) is 10.8. The third-order valence-corrected chi connectivity index (χ3v) is 3.97. The predicted molar refractivity (Wildman–Crippen MR) is 89.1 cm³/mol. The van der Waals surface area contributed by atoms with E-state index in [2.05, 4.69) is 17.4 Å². The molecular formula is C18H26N2O3. The van der Waals surface area contributed by atoms with E-state index < -0.39 is 11.7 Å². The van der Waals surface area contributed by atoms with Gasteiger partial charge in [-0.05, 0) is 44.7 Å². The zero-order valence-corrected chi connectivity index (χ0v) is 14.4. The van der Waals surface area contributed by atoms with Crippen LogP contribution >= 0.6 is 0 Å². The Morgan fingerprint density at radius 1 is 1.30 bits per heavy atom. The number of alkyl carbamates (subject to hydrolysis) is 1. The number of hydrogen-bond acceptors (Lipinski definition) is 3. The number of amides is 2. The largest absolute Gasteiger partial charge is 0.444 e. The molecule has 2 amide bonds. The lowest BCUT2D eigenvalue weighted by Gasteiger charge is -2.26. The van der Waals surface area contributed by atoms with Crippen molar-refractivity contribution in [1.82, 2.24) is 10.2 Å². The van der Waals surface area contributed by atoms with Crippen molar-refractivity contribution in [1.29, 1.82) is 0 Å². The van der Waals surface area contributed by atoms with E-state index >= 15 is 0 Å². The van der Waals surface area contributed by atoms with Gasteiger partial charge in [0, 0.05) is 20.0 Å². The minimum Gasteiger partial charge on any atom is -0.444 e. The van der Waals surface area contributed by atoms with Gasteiger partial charge in [-0.2, -0.15) is 0 Å². The molecule has 0 spiro atoms. The minimum atomic E-state index is -0.529. The number of carbonyl (C=O) groups is 2. The van der Waals surface area contributed by atoms with Gasteiger partial charge in [-0.25, -0.2) is 4.79 Å². The fourth-order valence-electron chi connectivity index (χ4n) is 2.87. The summed E-state index contributed by atoms with van der Waals surface area (Å²) in [7, 11) is 1.84. The molecule has 1 atom stereocenters. The maximum absolute atomic E-state index is 12.3. The van der Waals surface area contributed by atoms with Crippen molar-refractivity contribution in [3.63, 3.8) is 0 Å². The average molecular weight is 318 g/mol. The summed E-state index contributed by atoms with van der Waals surface area (Å²) in [5.74, 6) is 0.0303. The van der Waals surface area contributed by atoms with Crippen LogP contribution in [0, 0.1) is 0 Å². The minimum absolute atomic E-state index is 0.0303. The molecule has 0 bridgehead atoms. The van der Waals surface area contributed by atoms with Gasteiger partial charge in [0.15, 0.2) is 0 Å². The molecule has 0 saturated heterocycles. The molecule has 1 N–H and O–H groups in total. The van der Waals surface area contributed by atoms with Crippen molar-refractivity contribution in [3.8, 4) is 0 Å². The zero-order valence-electron chi connectivity index (χ0n) is 14.4. The number of nitrogens with zero attached hydrogens (tertiary/aromatic N) is 1. The molecule has 23 heavy (non-hydrogen) atoms. The molecule has 1 unspecified atom stereocenters. The smallest absolute Gasteiger partial charge is 0.407 e. The lowest BCUT2D eigenvalue weighted by Crippen LogP contribution is -2.36. The van der Waals surface area contributed by atoms with Gasteiger partial charge in [0.2, 0.25) is 5.91 Å². The maximum Gasteiger partial charge on any atom is 0.407 e. The van der Waals surface area contributed by atoms with Crippen molar-refractivity contribution in [3.05, 3.63) is 35.4 Å². The summed E-state index contributed by atoms with van der Waals surface area (Å²) in [6.07, 6.45) is 1.75. The van der Waals surface area contributed by atoms with Crippen LogP contribution in [0.5, 0.6) is 0 Å². The average Bonchev–Trinajstić information content (AvgIpc) is 2.88. The fourth-order valence-corrected chi connectivity index (χ4v) is 2.87. The highest BCUT2D eigenvalue weighted by Crippen LogP contribution is 2.34. The highest BCUT2D eigenvalue weighted by molar-refractivity contribution is 5.77. The SMILES string of the molecule is CN(C(=O)CCNC(=O)OC(C)(C)C)C1CCc2ccccc21. The van der Waals surface area contributed by atoms with Gasteiger partial charge in [0.05, 0.1) is 6.04 Å². The molecule has 0 radical (unpaired) electrons. The van der Waals surface area contributed by atoms with E-state index in [0.29, 0.717) is 0 Å². The molecule has 0 saturated carbocycles. The highest BCUT2D eigenvalue weighted by Gasteiger charge is 2.28. The van der Waals surface area contributed by atoms with Crippen LogP contribution in [0.25, 0.3) is 0 Å². The van der Waals surface area contributed by atoms with E-state index in [1.54, 1.807) is 4.90 Å². The molecule has 2 rings (SSSR count). The fraction of sp³-hybridized carbons (Fsp3) is 0.556. The number of fused-ring (bicyclic) bond motifs is 1. The van der Waals surface area contributed by atoms with Gasteiger partial charge < -0.3 is 15.0 Å². The van der Waals surface area contributed by atoms with Crippen molar-refractivity contribution in [2.24, 2.45) is 0 Å². The Morgan fingerprint density at radius 3 is 2.70 bits per heavy atom. The van der Waals surface area contributed by atoms with Crippen LogP contribution in [0.1, 0.15) is 50.8 Å². The van der Waals surface area contributed by atoms with Crippen LogP contribution < -0.4 is 5.32 Å². The predicted octanol–water partition coefficient (Wildman–Crippen LogP) is 3.05. The van der Waals surface area contributed by atoms with Crippen molar-refractivity contribution in [2.45, 2.75) is 51.7 Å². The van der Waals surface area contributed by atoms with Crippen LogP contribution in [0.4, 0.5) is 4.79 Å². The molecule has 1 aromatic carbocycles. The van der Waals surface area contributed by atoms with Gasteiger partial charge in [-0.15, -0.1) is 0 Å². The van der Waals surface area contributed by atoms with Crippen molar-refractivity contribution in [2.75, 3.05) is 13.6 Å². The molecule has 0 aliphatic heterocycles. The van der Waals surface area contributed by atoms with E-state index in [9.17, 15) is 9.59 Å². The van der Waals surface area contributed by atoms with Crippen LogP contribution in [0.3, 0.4) is 0 Å². The van der Waals surface area contributed by atoms with Gasteiger partial charge in [0.25, 0.3) is 0 Å². The molecule has 1 aliphatic carbocycles. The van der Waals surface area contributed by atoms with Crippen molar-refractivity contribution < 1.29 is 14.3 Å². The van der Waals surface area contributed by atoms with Crippen LogP contribution in [0.2, 0.25) is 0 Å². The molecule has 1 aromatic rings. The van der Waals surface area contributed by atoms with Gasteiger partial charge in [-0.1, -0.05) is 24.3 Å². The molecule has 5 heteroatoms. The number of benzene rings is 1. The number of nitrogens with one attached hydrogen (secondary N) is 1. The van der Waals surface area contributed by atoms with E-state index in [-0.39, 0.29) is 24.9 Å². The summed E-state index contributed by atoms with van der Waals surface area (Å²) in [4.78, 5) is 25.7. The Bertz CT molecular complexity index is 578. The van der Waals surface area contributed by atoms with Crippen LogP contribution in [-0.2, 0) is 16.0 Å². The molecule has 126 valence electrons. The van der Waals surface area contributed by atoms with Gasteiger partial charge in [0.1, 0.15) is 5.60 Å². The van der Waals surface area contributed by atoms with Crippen LogP contribution in [-0.4, -0.2) is 36.1 Å². The molecule has 0 aromatic heterocycles. The van der Waals surface area contributed by atoms with E-state index in [4.69, 9.17) is 4.74 Å². The van der Waals surface area contributed by atoms with E-state index in [1.165, 1.54) is 11.1 Å². The van der Waals surface area contributed by atoms with Crippen molar-refractivity contribution >= 4 is 12.0 Å². The summed E-state index contributed by atoms with van der Waals surface area (Å²) < 4.78 is 5.15. The normalized spacial score (nSPS) is 16.6. The number of ether oxygens (including phenoxy) is 1. The lowest BCUT2D eigenvalue weighted by molar-refractivity contribution is -0.131. The third kappa shape index (κ3) is 4.71. The number of carbonyl (C=O) groups excluding carboxylic acids is 2. The van der Waals surface area contributed by atoms with Gasteiger partial charge >= 0.3 is 6.09 Å². The standard InChI is InChI=1S/C18H26N2O3/c1-18(2,3)23-17(22)19-12-11-16(21)20(4)15-10-9-13-7-5-6-8-14(13)15/h5-8,15H,9-12H2,1-4H3,(H,19,22). The molecule has 5 nitrogen and oxygen atoms in total. The molecule has 0 heterocycles. The highest BCUT2D eigenvalue weighted by atomic mass is 16.6. The Balaban J connectivity index is 1.81.